The van der Waals surface area contributed by atoms with Gasteiger partial charge in [0.25, 0.3) is 5.91 Å². The van der Waals surface area contributed by atoms with Gasteiger partial charge in [-0.1, -0.05) is 6.07 Å². The van der Waals surface area contributed by atoms with E-state index in [2.05, 4.69) is 10.6 Å². The molecule has 0 saturated heterocycles. The van der Waals surface area contributed by atoms with Crippen LogP contribution in [0.25, 0.3) is 0 Å². The molecule has 0 aliphatic rings. The molecule has 1 atom stereocenters. The molecule has 4 nitrogen and oxygen atoms in total. The fourth-order valence-corrected chi connectivity index (χ4v) is 1.56. The van der Waals surface area contributed by atoms with Crippen molar-refractivity contribution in [2.75, 3.05) is 19.6 Å². The van der Waals surface area contributed by atoms with Crippen molar-refractivity contribution in [3.8, 4) is 0 Å². The minimum atomic E-state index is -0.361. The Balaban J connectivity index is 2.34. The van der Waals surface area contributed by atoms with E-state index >= 15 is 0 Å². The molecular formula is C14H22N2O2. The maximum Gasteiger partial charge on any atom is 0.251 e. The highest BCUT2D eigenvalue weighted by Crippen LogP contribution is 2.09. The summed E-state index contributed by atoms with van der Waals surface area (Å²) in [5.41, 5.74) is 2.99. The first-order chi connectivity index (χ1) is 8.50. The second-order valence-corrected chi connectivity index (χ2v) is 4.61. The topological polar surface area (TPSA) is 61.4 Å². The van der Waals surface area contributed by atoms with Gasteiger partial charge in [0.1, 0.15) is 0 Å². The van der Waals surface area contributed by atoms with Gasteiger partial charge in [0, 0.05) is 25.2 Å². The molecule has 1 rings (SSSR count). The van der Waals surface area contributed by atoms with Gasteiger partial charge in [-0.25, -0.2) is 0 Å². The molecule has 100 valence electrons. The number of nitrogens with one attached hydrogen (secondary N) is 2. The van der Waals surface area contributed by atoms with Crippen LogP contribution in [0.15, 0.2) is 18.2 Å². The summed E-state index contributed by atoms with van der Waals surface area (Å²) >= 11 is 0. The minimum Gasteiger partial charge on any atom is -0.392 e. The zero-order chi connectivity index (χ0) is 13.5. The van der Waals surface area contributed by atoms with E-state index in [9.17, 15) is 4.79 Å². The van der Waals surface area contributed by atoms with Crippen LogP contribution in [0.3, 0.4) is 0 Å². The molecular weight excluding hydrogens is 228 g/mol. The molecule has 0 aromatic heterocycles. The van der Waals surface area contributed by atoms with Gasteiger partial charge in [0.05, 0.1) is 6.10 Å². The van der Waals surface area contributed by atoms with Gasteiger partial charge in [-0.05, 0) is 44.0 Å². The number of aryl methyl sites for hydroxylation is 2. The summed E-state index contributed by atoms with van der Waals surface area (Å²) in [6.45, 7) is 7.49. The van der Waals surface area contributed by atoms with E-state index in [1.807, 2.05) is 32.0 Å². The Morgan fingerprint density at radius 1 is 1.28 bits per heavy atom. The van der Waals surface area contributed by atoms with Crippen LogP contribution in [-0.4, -0.2) is 36.8 Å². The van der Waals surface area contributed by atoms with Crippen LogP contribution in [0.5, 0.6) is 0 Å². The van der Waals surface area contributed by atoms with Gasteiger partial charge in [0.15, 0.2) is 0 Å². The molecule has 0 aliphatic heterocycles. The molecule has 0 bridgehead atoms. The Bertz CT molecular complexity index is 403. The molecule has 0 fully saturated rings. The molecule has 0 aliphatic carbocycles. The molecule has 1 amide bonds. The van der Waals surface area contributed by atoms with Gasteiger partial charge in [-0.3, -0.25) is 4.79 Å². The number of carbonyl (C=O) groups is 1. The van der Waals surface area contributed by atoms with Crippen LogP contribution in [0.1, 0.15) is 28.4 Å². The average molecular weight is 250 g/mol. The first-order valence-electron chi connectivity index (χ1n) is 6.25. The smallest absolute Gasteiger partial charge is 0.251 e. The quantitative estimate of drug-likeness (QED) is 0.660. The number of amides is 1. The van der Waals surface area contributed by atoms with Gasteiger partial charge >= 0.3 is 0 Å². The van der Waals surface area contributed by atoms with Crippen molar-refractivity contribution in [2.24, 2.45) is 0 Å². The fourth-order valence-electron chi connectivity index (χ4n) is 1.56. The number of hydrogen-bond donors (Lipinski definition) is 3. The highest BCUT2D eigenvalue weighted by molar-refractivity contribution is 5.94. The van der Waals surface area contributed by atoms with Crippen LogP contribution < -0.4 is 10.6 Å². The monoisotopic (exact) mass is 250 g/mol. The summed E-state index contributed by atoms with van der Waals surface area (Å²) in [5.74, 6) is -0.0584. The highest BCUT2D eigenvalue weighted by atomic mass is 16.3. The summed E-state index contributed by atoms with van der Waals surface area (Å²) in [4.78, 5) is 11.8. The van der Waals surface area contributed by atoms with Crippen LogP contribution in [0, 0.1) is 13.8 Å². The van der Waals surface area contributed by atoms with E-state index in [0.717, 1.165) is 5.56 Å². The van der Waals surface area contributed by atoms with Crippen LogP contribution in [-0.2, 0) is 0 Å². The number of carbonyl (C=O) groups excluding carboxylic acids is 1. The van der Waals surface area contributed by atoms with Crippen molar-refractivity contribution in [3.05, 3.63) is 34.9 Å². The molecule has 1 aromatic carbocycles. The van der Waals surface area contributed by atoms with Crippen molar-refractivity contribution in [3.63, 3.8) is 0 Å². The first kappa shape index (κ1) is 14.7. The fraction of sp³-hybridized carbons (Fsp3) is 0.500. The maximum atomic E-state index is 11.8. The first-order valence-corrected chi connectivity index (χ1v) is 6.25. The lowest BCUT2D eigenvalue weighted by Gasteiger charge is -2.09. The summed E-state index contributed by atoms with van der Waals surface area (Å²) in [7, 11) is 0. The Morgan fingerprint density at radius 3 is 2.61 bits per heavy atom. The number of aliphatic hydroxyl groups is 1. The molecule has 0 heterocycles. The van der Waals surface area contributed by atoms with Crippen LogP contribution >= 0.6 is 0 Å². The lowest BCUT2D eigenvalue weighted by atomic mass is 10.1. The Hall–Kier alpha value is -1.39. The third-order valence-electron chi connectivity index (χ3n) is 2.80. The van der Waals surface area contributed by atoms with Crippen molar-refractivity contribution in [1.82, 2.24) is 10.6 Å². The van der Waals surface area contributed by atoms with Crippen molar-refractivity contribution in [2.45, 2.75) is 26.9 Å². The summed E-state index contributed by atoms with van der Waals surface area (Å²) in [6.07, 6.45) is -0.361. The van der Waals surface area contributed by atoms with Gasteiger partial charge < -0.3 is 15.7 Å². The highest BCUT2D eigenvalue weighted by Gasteiger charge is 2.05. The van der Waals surface area contributed by atoms with Crippen LogP contribution in [0.4, 0.5) is 0 Å². The van der Waals surface area contributed by atoms with E-state index in [1.54, 1.807) is 6.92 Å². The van der Waals surface area contributed by atoms with Crippen molar-refractivity contribution >= 4 is 5.91 Å². The molecule has 0 radical (unpaired) electrons. The van der Waals surface area contributed by atoms with Crippen molar-refractivity contribution < 1.29 is 9.90 Å². The van der Waals surface area contributed by atoms with E-state index in [1.165, 1.54) is 5.56 Å². The lowest BCUT2D eigenvalue weighted by molar-refractivity contribution is 0.0953. The Morgan fingerprint density at radius 2 is 2.00 bits per heavy atom. The Labute approximate surface area is 108 Å². The van der Waals surface area contributed by atoms with Crippen molar-refractivity contribution in [1.29, 1.82) is 0 Å². The largest absolute Gasteiger partial charge is 0.392 e. The minimum absolute atomic E-state index is 0.0584. The molecule has 1 aromatic rings. The predicted molar refractivity (Wildman–Crippen MR) is 72.8 cm³/mol. The predicted octanol–water partition coefficient (Wildman–Crippen LogP) is 1.00. The number of aliphatic hydroxyl groups excluding tert-OH is 1. The number of benzene rings is 1. The maximum absolute atomic E-state index is 11.8. The van der Waals surface area contributed by atoms with Crippen LogP contribution in [0.2, 0.25) is 0 Å². The standard InChI is InChI=1S/C14H22N2O2/c1-10-4-5-13(8-11(10)2)14(18)16-7-6-15-9-12(3)17/h4-5,8,12,15,17H,6-7,9H2,1-3H3,(H,16,18). The molecule has 18 heavy (non-hydrogen) atoms. The third-order valence-corrected chi connectivity index (χ3v) is 2.80. The molecule has 0 saturated carbocycles. The summed E-state index contributed by atoms with van der Waals surface area (Å²) in [6, 6.07) is 5.69. The number of hydrogen-bond acceptors (Lipinski definition) is 3. The van der Waals surface area contributed by atoms with E-state index < -0.39 is 0 Å². The second-order valence-electron chi connectivity index (χ2n) is 4.61. The third kappa shape index (κ3) is 4.85. The lowest BCUT2D eigenvalue weighted by Crippen LogP contribution is -2.34. The van der Waals surface area contributed by atoms with E-state index in [-0.39, 0.29) is 12.0 Å². The van der Waals surface area contributed by atoms with Gasteiger partial charge in [-0.2, -0.15) is 0 Å². The molecule has 4 heteroatoms. The zero-order valence-electron chi connectivity index (χ0n) is 11.3. The SMILES string of the molecule is Cc1ccc(C(=O)NCCNCC(C)O)cc1C. The molecule has 0 spiro atoms. The van der Waals surface area contributed by atoms with Gasteiger partial charge in [0.2, 0.25) is 0 Å². The summed E-state index contributed by atoms with van der Waals surface area (Å²) < 4.78 is 0. The molecule has 1 unspecified atom stereocenters. The Kier molecular flexibility index (Phi) is 5.82. The second kappa shape index (κ2) is 7.13. The zero-order valence-corrected chi connectivity index (χ0v) is 11.3. The average Bonchev–Trinajstić information content (AvgIpc) is 2.31. The van der Waals surface area contributed by atoms with E-state index in [4.69, 9.17) is 5.11 Å². The molecule has 3 N–H and O–H groups in total. The summed E-state index contributed by atoms with van der Waals surface area (Å²) in [5, 5.41) is 14.9. The normalized spacial score (nSPS) is 12.2. The van der Waals surface area contributed by atoms with E-state index in [0.29, 0.717) is 25.2 Å². The van der Waals surface area contributed by atoms with Gasteiger partial charge in [-0.15, -0.1) is 0 Å². The number of rotatable bonds is 6.